The molecule has 0 spiro atoms. The van der Waals surface area contributed by atoms with E-state index < -0.39 is 0 Å². The molecule has 1 N–H and O–H groups in total. The lowest BCUT2D eigenvalue weighted by atomic mass is 10.2. The summed E-state index contributed by atoms with van der Waals surface area (Å²) in [7, 11) is 3.04. The molecule has 0 aliphatic carbocycles. The molecule has 0 saturated heterocycles. The molecule has 2 aromatic heterocycles. The molecule has 164 valence electrons. The van der Waals surface area contributed by atoms with Gasteiger partial charge in [0.15, 0.2) is 11.5 Å². The van der Waals surface area contributed by atoms with Crippen molar-refractivity contribution in [3.8, 4) is 28.7 Å². The van der Waals surface area contributed by atoms with Crippen molar-refractivity contribution in [3.05, 3.63) is 58.2 Å². The summed E-state index contributed by atoms with van der Waals surface area (Å²) >= 11 is 7.29. The molecule has 4 rings (SSSR count). The van der Waals surface area contributed by atoms with Crippen LogP contribution < -0.4 is 14.8 Å². The van der Waals surface area contributed by atoms with Gasteiger partial charge in [-0.05, 0) is 43.7 Å². The number of benzene rings is 2. The van der Waals surface area contributed by atoms with E-state index in [-0.39, 0.29) is 5.91 Å². The molecule has 0 unspecified atom stereocenters. The fraction of sp³-hybridized carbons (Fsp3) is 0.190. The van der Waals surface area contributed by atoms with Crippen molar-refractivity contribution >= 4 is 34.2 Å². The molecular weight excluding hydrogens is 452 g/mol. The Bertz CT molecular complexity index is 1280. The molecule has 0 fully saturated rings. The lowest BCUT2D eigenvalue weighted by molar-refractivity contribution is 0.102. The molecule has 0 aliphatic heterocycles. The Morgan fingerprint density at radius 1 is 1.09 bits per heavy atom. The summed E-state index contributed by atoms with van der Waals surface area (Å²) in [6.07, 6.45) is 0. The van der Waals surface area contributed by atoms with Gasteiger partial charge in [0.2, 0.25) is 5.13 Å². The lowest BCUT2D eigenvalue weighted by Gasteiger charge is -2.07. The van der Waals surface area contributed by atoms with Gasteiger partial charge in [0.1, 0.15) is 11.5 Å². The van der Waals surface area contributed by atoms with Crippen LogP contribution in [-0.4, -0.2) is 44.5 Å². The monoisotopic (exact) mass is 470 g/mol. The van der Waals surface area contributed by atoms with Gasteiger partial charge in [-0.1, -0.05) is 22.9 Å². The average molecular weight is 471 g/mol. The third kappa shape index (κ3) is 4.27. The normalized spacial score (nSPS) is 10.8. The number of nitrogens with one attached hydrogen (secondary N) is 1. The van der Waals surface area contributed by atoms with Crippen LogP contribution in [0.5, 0.6) is 11.5 Å². The Balaban J connectivity index is 1.56. The second-order valence-electron chi connectivity index (χ2n) is 6.85. The zero-order chi connectivity index (χ0) is 22.8. The Kier molecular flexibility index (Phi) is 6.06. The number of amides is 1. The number of anilines is 1. The van der Waals surface area contributed by atoms with Crippen molar-refractivity contribution in [1.82, 2.24) is 24.4 Å². The van der Waals surface area contributed by atoms with E-state index in [0.717, 1.165) is 28.5 Å². The number of ether oxygens (including phenoxy) is 2. The summed E-state index contributed by atoms with van der Waals surface area (Å²) in [5.74, 6) is 1.03. The molecule has 9 nitrogen and oxygen atoms in total. The van der Waals surface area contributed by atoms with Crippen LogP contribution in [0, 0.1) is 13.8 Å². The topological polar surface area (TPSA) is 104 Å². The fourth-order valence-electron chi connectivity index (χ4n) is 2.97. The number of hydrogen-bond acceptors (Lipinski definition) is 8. The van der Waals surface area contributed by atoms with E-state index in [1.54, 1.807) is 22.9 Å². The predicted molar refractivity (Wildman–Crippen MR) is 122 cm³/mol. The van der Waals surface area contributed by atoms with Crippen molar-refractivity contribution in [2.24, 2.45) is 0 Å². The Morgan fingerprint density at radius 3 is 2.47 bits per heavy atom. The zero-order valence-electron chi connectivity index (χ0n) is 17.7. The highest BCUT2D eigenvalue weighted by atomic mass is 35.5. The number of halogens is 1. The molecule has 2 heterocycles. The summed E-state index contributed by atoms with van der Waals surface area (Å²) in [5.41, 5.74) is 3.40. The number of rotatable bonds is 6. The van der Waals surface area contributed by atoms with E-state index in [1.165, 1.54) is 14.2 Å². The molecule has 0 atom stereocenters. The minimum Gasteiger partial charge on any atom is -0.497 e. The largest absolute Gasteiger partial charge is 0.497 e. The van der Waals surface area contributed by atoms with Crippen molar-refractivity contribution in [3.63, 3.8) is 0 Å². The maximum atomic E-state index is 12.7. The summed E-state index contributed by atoms with van der Waals surface area (Å²) in [6.45, 7) is 3.80. The minimum absolute atomic E-state index is 0.333. The first-order valence-electron chi connectivity index (χ1n) is 9.47. The highest BCUT2D eigenvalue weighted by molar-refractivity contribution is 7.10. The van der Waals surface area contributed by atoms with Gasteiger partial charge in [-0.25, -0.2) is 4.68 Å². The summed E-state index contributed by atoms with van der Waals surface area (Å²) in [5, 5.41) is 12.1. The van der Waals surface area contributed by atoms with Gasteiger partial charge < -0.3 is 9.47 Å². The number of carbonyl (C=O) groups excluding carboxylic acids is 1. The van der Waals surface area contributed by atoms with Crippen molar-refractivity contribution in [1.29, 1.82) is 0 Å². The fourth-order valence-corrected chi connectivity index (χ4v) is 3.71. The molecule has 0 radical (unpaired) electrons. The standard InChI is InChI=1S/C21H19ClN6O3S/c1-11-5-6-14(9-17(11)22)28-12(2)18(25-27-28)19-23-21(32-26-19)24-20(29)13-7-15(30-3)10-16(8-13)31-4/h5-10H,1-4H3,(H,23,24,26,29). The maximum Gasteiger partial charge on any atom is 0.257 e. The molecule has 0 aliphatic rings. The number of hydrogen-bond donors (Lipinski definition) is 1. The van der Waals surface area contributed by atoms with Crippen LogP contribution >= 0.6 is 23.1 Å². The third-order valence-electron chi connectivity index (χ3n) is 4.77. The zero-order valence-corrected chi connectivity index (χ0v) is 19.3. The van der Waals surface area contributed by atoms with Crippen LogP contribution in [0.4, 0.5) is 5.13 Å². The summed E-state index contributed by atoms with van der Waals surface area (Å²) in [4.78, 5) is 17.1. The maximum absolute atomic E-state index is 12.7. The highest BCUT2D eigenvalue weighted by Crippen LogP contribution is 2.27. The Labute approximate surface area is 193 Å². The van der Waals surface area contributed by atoms with Crippen LogP contribution in [0.25, 0.3) is 17.2 Å². The van der Waals surface area contributed by atoms with E-state index in [1.807, 2.05) is 32.0 Å². The van der Waals surface area contributed by atoms with E-state index in [0.29, 0.717) is 38.7 Å². The van der Waals surface area contributed by atoms with Crippen LogP contribution in [-0.2, 0) is 0 Å². The number of carbonyl (C=O) groups is 1. The highest BCUT2D eigenvalue weighted by Gasteiger charge is 2.19. The lowest BCUT2D eigenvalue weighted by Crippen LogP contribution is -2.12. The molecule has 11 heteroatoms. The number of aromatic nitrogens is 5. The van der Waals surface area contributed by atoms with Gasteiger partial charge in [-0.2, -0.15) is 9.36 Å². The average Bonchev–Trinajstić information content (AvgIpc) is 3.41. The van der Waals surface area contributed by atoms with Crippen LogP contribution in [0.2, 0.25) is 5.02 Å². The van der Waals surface area contributed by atoms with Crippen LogP contribution in [0.1, 0.15) is 21.6 Å². The van der Waals surface area contributed by atoms with E-state index in [9.17, 15) is 4.79 Å². The molecule has 32 heavy (non-hydrogen) atoms. The molecule has 4 aromatic rings. The van der Waals surface area contributed by atoms with Crippen LogP contribution in [0.15, 0.2) is 36.4 Å². The van der Waals surface area contributed by atoms with Crippen LogP contribution in [0.3, 0.4) is 0 Å². The van der Waals surface area contributed by atoms with Gasteiger partial charge in [0, 0.05) is 28.2 Å². The summed E-state index contributed by atoms with van der Waals surface area (Å²) < 4.78 is 16.4. The molecule has 0 bridgehead atoms. The first kappa shape index (κ1) is 21.7. The predicted octanol–water partition coefficient (Wildman–Crippen LogP) is 4.33. The van der Waals surface area contributed by atoms with Gasteiger partial charge in [0.25, 0.3) is 5.91 Å². The van der Waals surface area contributed by atoms with E-state index in [4.69, 9.17) is 21.1 Å². The number of aryl methyl sites for hydroxylation is 1. The molecular formula is C21H19ClN6O3S. The van der Waals surface area contributed by atoms with E-state index >= 15 is 0 Å². The quantitative estimate of drug-likeness (QED) is 0.447. The van der Waals surface area contributed by atoms with Crippen molar-refractivity contribution < 1.29 is 14.3 Å². The first-order chi connectivity index (χ1) is 15.4. The van der Waals surface area contributed by atoms with Crippen molar-refractivity contribution in [2.45, 2.75) is 13.8 Å². The molecule has 1 amide bonds. The molecule has 0 saturated carbocycles. The second kappa shape index (κ2) is 8.93. The van der Waals surface area contributed by atoms with E-state index in [2.05, 4.69) is 25.0 Å². The van der Waals surface area contributed by atoms with Gasteiger partial charge in [-0.3, -0.25) is 10.1 Å². The molecule has 2 aromatic carbocycles. The van der Waals surface area contributed by atoms with Gasteiger partial charge >= 0.3 is 0 Å². The van der Waals surface area contributed by atoms with Gasteiger partial charge in [-0.15, -0.1) is 5.10 Å². The number of nitrogens with zero attached hydrogens (tertiary/aromatic N) is 5. The SMILES string of the molecule is COc1cc(OC)cc(C(=O)Nc2nc(-c3nnn(-c4ccc(C)c(Cl)c4)c3C)ns2)c1. The second-order valence-corrected chi connectivity index (χ2v) is 8.01. The summed E-state index contributed by atoms with van der Waals surface area (Å²) in [6, 6.07) is 10.6. The number of methoxy groups -OCH3 is 2. The van der Waals surface area contributed by atoms with Gasteiger partial charge in [0.05, 0.1) is 25.6 Å². The smallest absolute Gasteiger partial charge is 0.257 e. The van der Waals surface area contributed by atoms with Crippen molar-refractivity contribution in [2.75, 3.05) is 19.5 Å². The Morgan fingerprint density at radius 2 is 1.81 bits per heavy atom. The Hall–Kier alpha value is -3.50. The minimum atomic E-state index is -0.362. The first-order valence-corrected chi connectivity index (χ1v) is 10.6. The third-order valence-corrected chi connectivity index (χ3v) is 5.80.